The van der Waals surface area contributed by atoms with E-state index in [-0.39, 0.29) is 5.56 Å². The van der Waals surface area contributed by atoms with Crippen LogP contribution in [0.2, 0.25) is 0 Å². The maximum Gasteiger partial charge on any atom is 0.194 e. The van der Waals surface area contributed by atoms with Crippen molar-refractivity contribution in [3.8, 4) is 0 Å². The smallest absolute Gasteiger partial charge is 0.194 e. The van der Waals surface area contributed by atoms with Gasteiger partial charge in [-0.3, -0.25) is 0 Å². The van der Waals surface area contributed by atoms with Gasteiger partial charge in [0.1, 0.15) is 5.82 Å². The second-order valence-corrected chi connectivity index (χ2v) is 5.54. The van der Waals surface area contributed by atoms with Gasteiger partial charge in [0.15, 0.2) is 17.5 Å². The second-order valence-electron chi connectivity index (χ2n) is 4.62. The minimum Gasteiger partial charge on any atom is -0.313 e. The van der Waals surface area contributed by atoms with Crippen LogP contribution in [0.25, 0.3) is 0 Å². The van der Waals surface area contributed by atoms with Gasteiger partial charge in [0.05, 0.1) is 0 Å². The molecule has 6 heteroatoms. The van der Waals surface area contributed by atoms with Crippen LogP contribution in [0, 0.1) is 23.3 Å². The lowest BCUT2D eigenvalue weighted by molar-refractivity contribution is 0.441. The van der Waals surface area contributed by atoms with Crippen molar-refractivity contribution in [3.63, 3.8) is 0 Å². The maximum atomic E-state index is 13.3. The number of rotatable bonds is 4. The fourth-order valence-corrected chi connectivity index (χ4v) is 2.64. The van der Waals surface area contributed by atoms with Gasteiger partial charge in [-0.05, 0) is 54.9 Å². The molecule has 1 N–H and O–H groups in total. The molecule has 112 valence electrons. The van der Waals surface area contributed by atoms with E-state index >= 15 is 0 Å². The summed E-state index contributed by atoms with van der Waals surface area (Å²) < 4.78 is 53.5. The van der Waals surface area contributed by atoms with Crippen LogP contribution in [0.3, 0.4) is 0 Å². The van der Waals surface area contributed by atoms with Gasteiger partial charge in [-0.1, -0.05) is 15.9 Å². The fourth-order valence-electron chi connectivity index (χ4n) is 2.13. The van der Waals surface area contributed by atoms with Gasteiger partial charge in [0.2, 0.25) is 0 Å². The van der Waals surface area contributed by atoms with Crippen molar-refractivity contribution in [1.29, 1.82) is 0 Å². The summed E-state index contributed by atoms with van der Waals surface area (Å²) in [7, 11) is 1.61. The Morgan fingerprint density at radius 1 is 1.00 bits per heavy atom. The van der Waals surface area contributed by atoms with E-state index in [1.807, 2.05) is 0 Å². The molecule has 0 aromatic heterocycles. The molecule has 0 radical (unpaired) electrons. The van der Waals surface area contributed by atoms with E-state index in [1.54, 1.807) is 13.1 Å². The Balaban J connectivity index is 2.31. The van der Waals surface area contributed by atoms with Crippen LogP contribution < -0.4 is 5.32 Å². The third-order valence-electron chi connectivity index (χ3n) is 3.12. The molecule has 0 saturated heterocycles. The topological polar surface area (TPSA) is 12.0 Å². The van der Waals surface area contributed by atoms with Gasteiger partial charge in [-0.25, -0.2) is 17.6 Å². The Labute approximate surface area is 128 Å². The number of likely N-dealkylation sites (N-methyl/N-ethyl adjacent to an activating group) is 1. The third kappa shape index (κ3) is 3.83. The molecule has 0 aliphatic heterocycles. The van der Waals surface area contributed by atoms with Crippen molar-refractivity contribution in [2.45, 2.75) is 12.5 Å². The van der Waals surface area contributed by atoms with Crippen LogP contribution in [0.1, 0.15) is 17.2 Å². The van der Waals surface area contributed by atoms with Gasteiger partial charge >= 0.3 is 0 Å². The van der Waals surface area contributed by atoms with Crippen LogP contribution in [0.4, 0.5) is 17.6 Å². The molecule has 0 heterocycles. The Morgan fingerprint density at radius 2 is 1.62 bits per heavy atom. The van der Waals surface area contributed by atoms with Gasteiger partial charge in [-0.2, -0.15) is 0 Å². The molecule has 1 atom stereocenters. The fraction of sp³-hybridized carbons (Fsp3) is 0.200. The molecule has 1 nitrogen and oxygen atoms in total. The predicted molar refractivity (Wildman–Crippen MR) is 75.9 cm³/mol. The van der Waals surface area contributed by atoms with Crippen LogP contribution in [0.15, 0.2) is 34.8 Å². The summed E-state index contributed by atoms with van der Waals surface area (Å²) in [6.07, 6.45) is 0.303. The molecule has 0 spiro atoms. The zero-order valence-corrected chi connectivity index (χ0v) is 12.6. The summed E-state index contributed by atoms with van der Waals surface area (Å²) in [6.45, 7) is 0. The molecule has 1 unspecified atom stereocenters. The first-order valence-electron chi connectivity index (χ1n) is 6.17. The lowest BCUT2D eigenvalue weighted by Crippen LogP contribution is -2.19. The first-order chi connectivity index (χ1) is 9.90. The van der Waals surface area contributed by atoms with E-state index in [1.165, 1.54) is 12.1 Å². The highest BCUT2D eigenvalue weighted by Gasteiger charge is 2.17. The molecule has 0 saturated carbocycles. The molecule has 2 rings (SSSR count). The lowest BCUT2D eigenvalue weighted by Gasteiger charge is -2.17. The van der Waals surface area contributed by atoms with Crippen LogP contribution >= 0.6 is 15.9 Å². The highest BCUT2D eigenvalue weighted by atomic mass is 79.9. The summed E-state index contributed by atoms with van der Waals surface area (Å²) in [5, 5.41) is 2.89. The average Bonchev–Trinajstić information content (AvgIpc) is 2.40. The Morgan fingerprint density at radius 3 is 2.14 bits per heavy atom. The van der Waals surface area contributed by atoms with Crippen LogP contribution in [0.5, 0.6) is 0 Å². The quantitative estimate of drug-likeness (QED) is 0.624. The summed E-state index contributed by atoms with van der Waals surface area (Å²) in [4.78, 5) is 0. The molecule has 0 bridgehead atoms. The first kappa shape index (κ1) is 16.0. The standard InChI is InChI=1S/C15H12BrF4N/c1-21-14(4-8-2-10(16)7-11(17)3-8)9-5-12(18)15(20)13(19)6-9/h2-3,5-7,14,21H,4H2,1H3. The maximum absolute atomic E-state index is 13.3. The number of halogens is 5. The van der Waals surface area contributed by atoms with Gasteiger partial charge in [-0.15, -0.1) is 0 Å². The number of hydrogen-bond donors (Lipinski definition) is 1. The lowest BCUT2D eigenvalue weighted by atomic mass is 9.98. The summed E-state index contributed by atoms with van der Waals surface area (Å²) >= 11 is 3.18. The molecule has 2 aromatic rings. The summed E-state index contributed by atoms with van der Waals surface area (Å²) in [6, 6.07) is 5.77. The monoisotopic (exact) mass is 361 g/mol. The Hall–Kier alpha value is -1.40. The van der Waals surface area contributed by atoms with Crippen LogP contribution in [-0.2, 0) is 6.42 Å². The van der Waals surface area contributed by atoms with E-state index in [2.05, 4.69) is 21.2 Å². The van der Waals surface area contributed by atoms with Crippen molar-refractivity contribution < 1.29 is 17.6 Å². The van der Waals surface area contributed by atoms with Crippen molar-refractivity contribution in [2.24, 2.45) is 0 Å². The van der Waals surface area contributed by atoms with Gasteiger partial charge in [0, 0.05) is 10.5 Å². The molecular weight excluding hydrogens is 350 g/mol. The molecular formula is C15H12BrF4N. The Kier molecular flexibility index (Phi) is 5.00. The average molecular weight is 362 g/mol. The highest BCUT2D eigenvalue weighted by molar-refractivity contribution is 9.10. The number of nitrogens with one attached hydrogen (secondary N) is 1. The molecule has 0 aliphatic rings. The van der Waals surface area contributed by atoms with E-state index < -0.39 is 29.3 Å². The number of hydrogen-bond acceptors (Lipinski definition) is 1. The van der Waals surface area contributed by atoms with Gasteiger partial charge in [0.25, 0.3) is 0 Å². The summed E-state index contributed by atoms with van der Waals surface area (Å²) in [5.74, 6) is -4.40. The minimum atomic E-state index is -1.50. The highest BCUT2D eigenvalue weighted by Crippen LogP contribution is 2.24. The van der Waals surface area contributed by atoms with Crippen molar-refractivity contribution in [3.05, 3.63) is 69.2 Å². The van der Waals surface area contributed by atoms with Crippen LogP contribution in [-0.4, -0.2) is 7.05 Å². The predicted octanol–water partition coefficient (Wildman–Crippen LogP) is 4.51. The third-order valence-corrected chi connectivity index (χ3v) is 3.58. The zero-order chi connectivity index (χ0) is 15.6. The molecule has 0 aliphatic carbocycles. The van der Waals surface area contributed by atoms with Crippen molar-refractivity contribution in [2.75, 3.05) is 7.05 Å². The van der Waals surface area contributed by atoms with Crippen molar-refractivity contribution >= 4 is 15.9 Å². The SMILES string of the molecule is CNC(Cc1cc(F)cc(Br)c1)c1cc(F)c(F)c(F)c1. The summed E-state index contributed by atoms with van der Waals surface area (Å²) in [5.41, 5.74) is 0.903. The number of benzene rings is 2. The van der Waals surface area contributed by atoms with Crippen molar-refractivity contribution in [1.82, 2.24) is 5.32 Å². The second kappa shape index (κ2) is 6.58. The van der Waals surface area contributed by atoms with Gasteiger partial charge < -0.3 is 5.32 Å². The Bertz CT molecular complexity index is 617. The van der Waals surface area contributed by atoms with E-state index in [9.17, 15) is 17.6 Å². The van der Waals surface area contributed by atoms with E-state index in [4.69, 9.17) is 0 Å². The van der Waals surface area contributed by atoms with E-state index in [0.29, 0.717) is 16.5 Å². The minimum absolute atomic E-state index is 0.259. The molecule has 2 aromatic carbocycles. The molecule has 0 fully saturated rings. The molecule has 21 heavy (non-hydrogen) atoms. The normalized spacial score (nSPS) is 12.5. The largest absolute Gasteiger partial charge is 0.313 e. The zero-order valence-electron chi connectivity index (χ0n) is 11.1. The van der Waals surface area contributed by atoms with E-state index in [0.717, 1.165) is 12.1 Å². The first-order valence-corrected chi connectivity index (χ1v) is 6.96. The molecule has 0 amide bonds.